The quantitative estimate of drug-likeness (QED) is 0.381. The van der Waals surface area contributed by atoms with Gasteiger partial charge in [0.1, 0.15) is 29.6 Å². The molecule has 0 amide bonds. The molecule has 0 aliphatic rings. The topological polar surface area (TPSA) is 39.2 Å². The monoisotopic (exact) mass is 345 g/mol. The predicted molar refractivity (Wildman–Crippen MR) is 99.9 cm³/mol. The van der Waals surface area contributed by atoms with Gasteiger partial charge in [-0.3, -0.25) is 0 Å². The van der Waals surface area contributed by atoms with Crippen LogP contribution in [0.2, 0.25) is 0 Å². The summed E-state index contributed by atoms with van der Waals surface area (Å²) in [5, 5.41) is 2.69. The molecule has 0 aliphatic heterocycles. The Kier molecular flexibility index (Phi) is 8.53. The summed E-state index contributed by atoms with van der Waals surface area (Å²) in [6.45, 7) is 2.59. The number of carbonyl (C=O) groups excluding carboxylic acids is 1. The first-order valence-corrected chi connectivity index (χ1v) is 9.78. The van der Waals surface area contributed by atoms with Crippen molar-refractivity contribution in [2.45, 2.75) is 57.8 Å². The molecule has 0 fully saturated rings. The average molecular weight is 346 g/mol. The Morgan fingerprint density at radius 2 is 1.88 bits per heavy atom. The van der Waals surface area contributed by atoms with Crippen molar-refractivity contribution in [1.29, 1.82) is 0 Å². The summed E-state index contributed by atoms with van der Waals surface area (Å²) >= 11 is 1.49. The van der Waals surface area contributed by atoms with E-state index < -0.39 is 0 Å². The van der Waals surface area contributed by atoms with Crippen LogP contribution in [-0.2, 0) is 11.2 Å². The first-order valence-electron chi connectivity index (χ1n) is 8.90. The van der Waals surface area contributed by atoms with Crippen molar-refractivity contribution in [2.24, 2.45) is 0 Å². The van der Waals surface area contributed by atoms with Gasteiger partial charge < -0.3 is 9.53 Å². The van der Waals surface area contributed by atoms with Crippen molar-refractivity contribution in [1.82, 2.24) is 4.98 Å². The van der Waals surface area contributed by atoms with Gasteiger partial charge in [-0.1, -0.05) is 51.2 Å². The number of aromatic nitrogens is 1. The molecule has 1 aromatic heterocycles. The van der Waals surface area contributed by atoms with Crippen LogP contribution in [0.1, 0.15) is 61.9 Å². The highest BCUT2D eigenvalue weighted by molar-refractivity contribution is 7.09. The Balaban J connectivity index is 1.70. The van der Waals surface area contributed by atoms with Crippen molar-refractivity contribution in [3.05, 3.63) is 46.4 Å². The third kappa shape index (κ3) is 6.44. The van der Waals surface area contributed by atoms with Gasteiger partial charge in [-0.25, -0.2) is 4.98 Å². The molecule has 0 N–H and O–H groups in total. The van der Waals surface area contributed by atoms with E-state index in [1.807, 2.05) is 17.5 Å². The van der Waals surface area contributed by atoms with Crippen LogP contribution >= 0.6 is 11.3 Å². The van der Waals surface area contributed by atoms with E-state index in [0.717, 1.165) is 23.5 Å². The second kappa shape index (κ2) is 11.0. The zero-order chi connectivity index (χ0) is 17.0. The van der Waals surface area contributed by atoms with Crippen LogP contribution in [-0.4, -0.2) is 17.9 Å². The number of ether oxygens (including phenoxy) is 1. The molecule has 4 heteroatoms. The molecule has 0 saturated heterocycles. The van der Waals surface area contributed by atoms with Crippen molar-refractivity contribution in [3.8, 4) is 5.75 Å². The number of nitrogens with zero attached hydrogens (tertiary/aromatic N) is 1. The summed E-state index contributed by atoms with van der Waals surface area (Å²) in [5.41, 5.74) is 1.35. The van der Waals surface area contributed by atoms with Crippen LogP contribution in [0.3, 0.4) is 0 Å². The standard InChI is InChI=1S/C20H27NO2S/c1-2-3-4-5-6-7-8-17-9-11-19(12-10-17)23-16-18(15-22)20-21-13-14-24-20/h9-15,18H,2-8,16H2,1H3. The van der Waals surface area contributed by atoms with E-state index in [1.165, 1.54) is 55.4 Å². The molecular formula is C20H27NO2S. The Labute approximate surface area is 149 Å². The van der Waals surface area contributed by atoms with Gasteiger partial charge in [-0.15, -0.1) is 11.3 Å². The Bertz CT molecular complexity index is 566. The highest BCUT2D eigenvalue weighted by atomic mass is 32.1. The first-order chi connectivity index (χ1) is 11.8. The fourth-order valence-corrected chi connectivity index (χ4v) is 3.32. The Morgan fingerprint density at radius 3 is 2.54 bits per heavy atom. The maximum Gasteiger partial charge on any atom is 0.133 e. The van der Waals surface area contributed by atoms with Crippen LogP contribution in [0, 0.1) is 0 Å². The fraction of sp³-hybridized carbons (Fsp3) is 0.500. The van der Waals surface area contributed by atoms with Gasteiger partial charge in [0.25, 0.3) is 0 Å². The molecule has 0 aliphatic carbocycles. The van der Waals surface area contributed by atoms with Crippen molar-refractivity contribution in [3.63, 3.8) is 0 Å². The fourth-order valence-electron chi connectivity index (χ4n) is 2.63. The third-order valence-electron chi connectivity index (χ3n) is 4.10. The lowest BCUT2D eigenvalue weighted by Gasteiger charge is -2.10. The molecule has 1 heterocycles. The summed E-state index contributed by atoms with van der Waals surface area (Å²) in [6, 6.07) is 8.24. The van der Waals surface area contributed by atoms with E-state index in [2.05, 4.69) is 24.0 Å². The van der Waals surface area contributed by atoms with E-state index in [1.54, 1.807) is 6.20 Å². The number of aldehydes is 1. The lowest BCUT2D eigenvalue weighted by molar-refractivity contribution is -0.109. The smallest absolute Gasteiger partial charge is 0.133 e. The first kappa shape index (κ1) is 18.7. The molecule has 0 saturated carbocycles. The molecule has 0 radical (unpaired) electrons. The van der Waals surface area contributed by atoms with Gasteiger partial charge in [-0.2, -0.15) is 0 Å². The van der Waals surface area contributed by atoms with Gasteiger partial charge in [-0.05, 0) is 30.5 Å². The minimum Gasteiger partial charge on any atom is -0.492 e. The summed E-state index contributed by atoms with van der Waals surface area (Å²) < 4.78 is 5.74. The molecule has 1 atom stereocenters. The van der Waals surface area contributed by atoms with Crippen LogP contribution in [0.5, 0.6) is 5.75 Å². The number of aryl methyl sites for hydroxylation is 1. The van der Waals surface area contributed by atoms with Crippen molar-refractivity contribution in [2.75, 3.05) is 6.61 Å². The van der Waals surface area contributed by atoms with Gasteiger partial charge in [0.15, 0.2) is 0 Å². The second-order valence-electron chi connectivity index (χ2n) is 6.09. The van der Waals surface area contributed by atoms with Gasteiger partial charge in [0.05, 0.1) is 0 Å². The molecule has 0 bridgehead atoms. The highest BCUT2D eigenvalue weighted by Gasteiger charge is 2.14. The van der Waals surface area contributed by atoms with E-state index in [9.17, 15) is 4.79 Å². The molecule has 2 aromatic rings. The van der Waals surface area contributed by atoms with Crippen molar-refractivity contribution >= 4 is 17.6 Å². The van der Waals surface area contributed by atoms with Crippen LogP contribution in [0.25, 0.3) is 0 Å². The maximum atomic E-state index is 11.2. The van der Waals surface area contributed by atoms with E-state index in [4.69, 9.17) is 4.74 Å². The van der Waals surface area contributed by atoms with Crippen molar-refractivity contribution < 1.29 is 9.53 Å². The molecule has 3 nitrogen and oxygen atoms in total. The molecule has 130 valence electrons. The summed E-state index contributed by atoms with van der Waals surface area (Å²) in [7, 11) is 0. The number of carbonyl (C=O) groups is 1. The van der Waals surface area contributed by atoms with Gasteiger partial charge >= 0.3 is 0 Å². The number of rotatable bonds is 12. The number of hydrogen-bond donors (Lipinski definition) is 0. The molecule has 1 aromatic carbocycles. The minimum atomic E-state index is -0.284. The van der Waals surface area contributed by atoms with E-state index in [0.29, 0.717) is 6.61 Å². The maximum absolute atomic E-state index is 11.2. The Hall–Kier alpha value is -1.68. The summed E-state index contributed by atoms with van der Waals surface area (Å²) in [5.74, 6) is 0.526. The van der Waals surface area contributed by atoms with Crippen LogP contribution in [0.15, 0.2) is 35.8 Å². The normalized spacial score (nSPS) is 12.0. The second-order valence-corrected chi connectivity index (χ2v) is 7.01. The number of hydrogen-bond acceptors (Lipinski definition) is 4. The van der Waals surface area contributed by atoms with Crippen LogP contribution in [0.4, 0.5) is 0 Å². The molecule has 24 heavy (non-hydrogen) atoms. The van der Waals surface area contributed by atoms with Gasteiger partial charge in [0.2, 0.25) is 0 Å². The molecule has 2 rings (SSSR count). The summed E-state index contributed by atoms with van der Waals surface area (Å²) in [6.07, 6.45) is 11.7. The molecular weight excluding hydrogens is 318 g/mol. The SMILES string of the molecule is CCCCCCCCc1ccc(OCC(C=O)c2nccs2)cc1. The zero-order valence-corrected chi connectivity index (χ0v) is 15.3. The van der Waals surface area contributed by atoms with E-state index >= 15 is 0 Å². The largest absolute Gasteiger partial charge is 0.492 e. The lowest BCUT2D eigenvalue weighted by atomic mass is 10.0. The van der Waals surface area contributed by atoms with E-state index in [-0.39, 0.29) is 5.92 Å². The number of unbranched alkanes of at least 4 members (excludes halogenated alkanes) is 5. The number of benzene rings is 1. The van der Waals surface area contributed by atoms with Crippen LogP contribution < -0.4 is 4.74 Å². The van der Waals surface area contributed by atoms with Gasteiger partial charge in [0, 0.05) is 11.6 Å². The molecule has 1 unspecified atom stereocenters. The Morgan fingerprint density at radius 1 is 1.12 bits per heavy atom. The third-order valence-corrected chi connectivity index (χ3v) is 5.01. The predicted octanol–water partition coefficient (Wildman–Crippen LogP) is 5.41. The molecule has 0 spiro atoms. The number of thiazole rings is 1. The minimum absolute atomic E-state index is 0.284. The average Bonchev–Trinajstić information content (AvgIpc) is 3.14. The lowest BCUT2D eigenvalue weighted by Crippen LogP contribution is -2.11. The summed E-state index contributed by atoms with van der Waals surface area (Å²) in [4.78, 5) is 15.4. The zero-order valence-electron chi connectivity index (χ0n) is 14.4. The highest BCUT2D eigenvalue weighted by Crippen LogP contribution is 2.20.